The molecule has 1 saturated heterocycles. The largest absolute Gasteiger partial charge is 0.458 e. The third-order valence-corrected chi connectivity index (χ3v) is 4.23. The second-order valence-electron chi connectivity index (χ2n) is 6.02. The number of hydrogen-bond acceptors (Lipinski definition) is 5. The second-order valence-corrected chi connectivity index (χ2v) is 7.14. The van der Waals surface area contributed by atoms with Crippen LogP contribution in [-0.2, 0) is 9.53 Å². The molecule has 0 spiro atoms. The highest BCUT2D eigenvalue weighted by Crippen LogP contribution is 2.27. The highest BCUT2D eigenvalue weighted by Gasteiger charge is 2.32. The summed E-state index contributed by atoms with van der Waals surface area (Å²) in [5.41, 5.74) is -0.468. The molecule has 1 aromatic carbocycles. The molecular formula is C16H23N2O2S. The molecule has 2 rings (SSSR count). The van der Waals surface area contributed by atoms with Gasteiger partial charge < -0.3 is 10.1 Å². The molecule has 1 fully saturated rings. The molecule has 1 N–H and O–H groups in total. The van der Waals surface area contributed by atoms with E-state index in [2.05, 4.69) is 16.3 Å². The van der Waals surface area contributed by atoms with E-state index in [0.717, 1.165) is 31.1 Å². The Morgan fingerprint density at radius 1 is 1.38 bits per heavy atom. The predicted octanol–water partition coefficient (Wildman–Crippen LogP) is 2.15. The van der Waals surface area contributed by atoms with Crippen LogP contribution in [0.1, 0.15) is 20.8 Å². The van der Waals surface area contributed by atoms with Gasteiger partial charge in [0.2, 0.25) is 0 Å². The van der Waals surface area contributed by atoms with Gasteiger partial charge in [-0.15, -0.1) is 0 Å². The lowest BCUT2D eigenvalue weighted by atomic mass is 10.2. The molecule has 1 radical (unpaired) electrons. The van der Waals surface area contributed by atoms with Crippen molar-refractivity contribution >= 4 is 17.7 Å². The zero-order valence-corrected chi connectivity index (χ0v) is 13.7. The Balaban J connectivity index is 2.11. The zero-order chi connectivity index (χ0) is 15.3. The van der Waals surface area contributed by atoms with E-state index in [-0.39, 0.29) is 11.3 Å². The average Bonchev–Trinajstić information content (AvgIpc) is 2.45. The smallest absolute Gasteiger partial charge is 0.334 e. The Labute approximate surface area is 131 Å². The maximum atomic E-state index is 12.5. The molecule has 4 nitrogen and oxygen atoms in total. The predicted molar refractivity (Wildman–Crippen MR) is 85.2 cm³/mol. The summed E-state index contributed by atoms with van der Waals surface area (Å²) in [7, 11) is 0. The summed E-state index contributed by atoms with van der Waals surface area (Å²) in [5, 5.41) is 2.99. The van der Waals surface area contributed by atoms with Crippen LogP contribution in [0, 0.1) is 6.07 Å². The molecule has 1 aromatic rings. The average molecular weight is 307 g/mol. The maximum Gasteiger partial charge on any atom is 0.334 e. The van der Waals surface area contributed by atoms with Gasteiger partial charge in [-0.1, -0.05) is 30.0 Å². The van der Waals surface area contributed by atoms with E-state index in [4.69, 9.17) is 4.74 Å². The van der Waals surface area contributed by atoms with Gasteiger partial charge in [0, 0.05) is 31.1 Å². The number of thioether (sulfide) groups is 1. The van der Waals surface area contributed by atoms with Crippen molar-refractivity contribution in [3.8, 4) is 0 Å². The first-order valence-corrected chi connectivity index (χ1v) is 8.15. The summed E-state index contributed by atoms with van der Waals surface area (Å²) in [6.07, 6.45) is 0. The Hall–Kier alpha value is -1.04. The number of carbonyl (C=O) groups excluding carboxylic acids is 1. The fraction of sp³-hybridized carbons (Fsp3) is 0.562. The van der Waals surface area contributed by atoms with Crippen LogP contribution >= 0.6 is 11.8 Å². The Bertz CT molecular complexity index is 453. The zero-order valence-electron chi connectivity index (χ0n) is 12.9. The molecule has 0 aliphatic carbocycles. The van der Waals surface area contributed by atoms with Crippen molar-refractivity contribution in [3.63, 3.8) is 0 Å². The molecule has 1 aliphatic heterocycles. The van der Waals surface area contributed by atoms with Crippen molar-refractivity contribution in [2.75, 3.05) is 26.2 Å². The lowest BCUT2D eigenvalue weighted by Gasteiger charge is -2.34. The summed E-state index contributed by atoms with van der Waals surface area (Å²) in [6.45, 7) is 9.21. The Morgan fingerprint density at radius 2 is 2.10 bits per heavy atom. The molecule has 0 amide bonds. The van der Waals surface area contributed by atoms with Gasteiger partial charge in [-0.2, -0.15) is 0 Å². The fourth-order valence-corrected chi connectivity index (χ4v) is 3.15. The van der Waals surface area contributed by atoms with Crippen molar-refractivity contribution in [2.24, 2.45) is 0 Å². The summed E-state index contributed by atoms with van der Waals surface area (Å²) in [5.74, 6) is -0.174. The molecule has 0 aromatic heterocycles. The van der Waals surface area contributed by atoms with Gasteiger partial charge in [-0.3, -0.25) is 4.90 Å². The minimum atomic E-state index is -0.468. The first-order chi connectivity index (χ1) is 9.96. The summed E-state index contributed by atoms with van der Waals surface area (Å²) >= 11 is 1.51. The minimum Gasteiger partial charge on any atom is -0.458 e. The lowest BCUT2D eigenvalue weighted by Crippen LogP contribution is -2.51. The van der Waals surface area contributed by atoms with E-state index < -0.39 is 5.60 Å². The number of nitrogens with one attached hydrogen (secondary N) is 1. The first-order valence-electron chi connectivity index (χ1n) is 7.27. The molecule has 21 heavy (non-hydrogen) atoms. The van der Waals surface area contributed by atoms with Crippen LogP contribution < -0.4 is 5.32 Å². The summed E-state index contributed by atoms with van der Waals surface area (Å²) in [4.78, 5) is 15.7. The van der Waals surface area contributed by atoms with Crippen molar-refractivity contribution in [2.45, 2.75) is 36.6 Å². The highest BCUT2D eigenvalue weighted by atomic mass is 32.2. The van der Waals surface area contributed by atoms with Crippen molar-refractivity contribution < 1.29 is 9.53 Å². The number of esters is 1. The van der Waals surface area contributed by atoms with Crippen LogP contribution in [0.2, 0.25) is 0 Å². The van der Waals surface area contributed by atoms with Crippen LogP contribution in [-0.4, -0.2) is 48.0 Å². The van der Waals surface area contributed by atoms with Crippen LogP contribution in [0.25, 0.3) is 0 Å². The van der Waals surface area contributed by atoms with Crippen LogP contribution in [0.3, 0.4) is 0 Å². The van der Waals surface area contributed by atoms with E-state index >= 15 is 0 Å². The third-order valence-electron chi connectivity index (χ3n) is 3.01. The van der Waals surface area contributed by atoms with Gasteiger partial charge in [0.25, 0.3) is 0 Å². The molecule has 1 atom stereocenters. The molecule has 1 aliphatic rings. The SMILES string of the molecule is CC(C)(C)OC(=O)C(Sc1[c]cccc1)N1CCNCC1. The highest BCUT2D eigenvalue weighted by molar-refractivity contribution is 8.00. The van der Waals surface area contributed by atoms with Gasteiger partial charge in [-0.25, -0.2) is 4.79 Å². The van der Waals surface area contributed by atoms with Crippen molar-refractivity contribution in [1.29, 1.82) is 0 Å². The Morgan fingerprint density at radius 3 is 2.67 bits per heavy atom. The van der Waals surface area contributed by atoms with E-state index in [0.29, 0.717) is 0 Å². The first kappa shape index (κ1) is 16.3. The normalized spacial score (nSPS) is 18.2. The van der Waals surface area contributed by atoms with Crippen LogP contribution in [0.15, 0.2) is 29.2 Å². The fourth-order valence-electron chi connectivity index (χ4n) is 2.11. The van der Waals surface area contributed by atoms with Gasteiger partial charge in [-0.05, 0) is 32.9 Å². The molecular weight excluding hydrogens is 284 g/mol. The van der Waals surface area contributed by atoms with E-state index in [1.165, 1.54) is 11.8 Å². The standard InChI is InChI=1S/C16H23N2O2S/c1-16(2,3)20-15(19)14(18-11-9-17-10-12-18)21-13-7-5-4-6-8-13/h4-7,14,17H,9-12H2,1-3H3. The quantitative estimate of drug-likeness (QED) is 0.682. The van der Waals surface area contributed by atoms with E-state index in [1.807, 2.05) is 45.0 Å². The summed E-state index contributed by atoms with van der Waals surface area (Å²) in [6, 6.07) is 10.9. The van der Waals surface area contributed by atoms with Gasteiger partial charge in [0.15, 0.2) is 5.37 Å². The van der Waals surface area contributed by atoms with Crippen molar-refractivity contribution in [1.82, 2.24) is 10.2 Å². The molecule has 1 unspecified atom stereocenters. The molecule has 115 valence electrons. The number of hydrogen-bond donors (Lipinski definition) is 1. The van der Waals surface area contributed by atoms with Crippen LogP contribution in [0.5, 0.6) is 0 Å². The lowest BCUT2D eigenvalue weighted by molar-refractivity contribution is -0.157. The van der Waals surface area contributed by atoms with Gasteiger partial charge in [0.05, 0.1) is 0 Å². The van der Waals surface area contributed by atoms with E-state index in [9.17, 15) is 4.79 Å². The van der Waals surface area contributed by atoms with E-state index in [1.54, 1.807) is 0 Å². The monoisotopic (exact) mass is 307 g/mol. The number of piperazine rings is 1. The number of benzene rings is 1. The third kappa shape index (κ3) is 5.34. The van der Waals surface area contributed by atoms with Crippen molar-refractivity contribution in [3.05, 3.63) is 30.3 Å². The second kappa shape index (κ2) is 7.29. The van der Waals surface area contributed by atoms with Crippen LogP contribution in [0.4, 0.5) is 0 Å². The molecule has 1 heterocycles. The minimum absolute atomic E-state index is 0.174. The number of nitrogens with zero attached hydrogens (tertiary/aromatic N) is 1. The molecule has 0 saturated carbocycles. The molecule has 0 bridgehead atoms. The number of carbonyl (C=O) groups is 1. The number of ether oxygens (including phenoxy) is 1. The summed E-state index contributed by atoms with van der Waals surface area (Å²) < 4.78 is 5.59. The van der Waals surface area contributed by atoms with Gasteiger partial charge >= 0.3 is 5.97 Å². The van der Waals surface area contributed by atoms with Gasteiger partial charge in [0.1, 0.15) is 5.60 Å². The number of rotatable bonds is 4. The maximum absolute atomic E-state index is 12.5. The molecule has 5 heteroatoms. The Kier molecular flexibility index (Phi) is 5.67. The topological polar surface area (TPSA) is 41.6 Å².